The smallest absolute Gasteiger partial charge is 0.306 e. The van der Waals surface area contributed by atoms with Crippen LogP contribution in [0.3, 0.4) is 0 Å². The Morgan fingerprint density at radius 1 is 0.330 bits per heavy atom. The van der Waals surface area contributed by atoms with Crippen molar-refractivity contribution >= 4 is 35.7 Å². The third-order valence-electron chi connectivity index (χ3n) is 17.0. The Bertz CT molecular complexity index is 1950. The fourth-order valence-electron chi connectivity index (χ4n) is 11.2. The van der Waals surface area contributed by atoms with Gasteiger partial charge in [0.2, 0.25) is 11.8 Å². The van der Waals surface area contributed by atoms with Crippen LogP contribution >= 0.6 is 0 Å². The molecular weight excluding hydrogens is 1230 g/mol. The lowest BCUT2D eigenvalue weighted by atomic mass is 10.1. The molecule has 19 nitrogen and oxygen atoms in total. The summed E-state index contributed by atoms with van der Waals surface area (Å²) in [5.41, 5.74) is 0. The summed E-state index contributed by atoms with van der Waals surface area (Å²) in [6.07, 6.45) is 48.6. The van der Waals surface area contributed by atoms with Gasteiger partial charge < -0.3 is 50.0 Å². The average Bonchev–Trinajstić information content (AvgIpc) is 1.92. The van der Waals surface area contributed by atoms with E-state index in [-0.39, 0.29) is 74.8 Å². The first-order chi connectivity index (χ1) is 47.1. The van der Waals surface area contributed by atoms with Gasteiger partial charge in [0.25, 0.3) is 0 Å². The Morgan fingerprint density at radius 2 is 0.608 bits per heavy atom. The Balaban J connectivity index is 5.11. The molecule has 0 bridgehead atoms. The van der Waals surface area contributed by atoms with Crippen LogP contribution in [0.1, 0.15) is 291 Å². The molecule has 0 rings (SSSR count). The predicted molar refractivity (Wildman–Crippen MR) is 393 cm³/mol. The van der Waals surface area contributed by atoms with E-state index in [1.807, 2.05) is 35.3 Å². The van der Waals surface area contributed by atoms with E-state index in [9.17, 15) is 49.2 Å². The molecule has 0 aliphatic carbocycles. The minimum Gasteiger partial charge on any atom is -0.461 e. The number of allylic oxidation sites excluding steroid dienone is 4. The van der Waals surface area contributed by atoms with Crippen molar-refractivity contribution in [2.24, 2.45) is 0 Å². The molecule has 4 unspecified atom stereocenters. The number of ether oxygens (including phenoxy) is 4. The van der Waals surface area contributed by atoms with Gasteiger partial charge in [0, 0.05) is 65.0 Å². The highest BCUT2D eigenvalue weighted by molar-refractivity contribution is 5.81. The van der Waals surface area contributed by atoms with Gasteiger partial charge >= 0.3 is 23.9 Å². The molecule has 0 saturated carbocycles. The second-order valence-electron chi connectivity index (χ2n) is 26.8. The van der Waals surface area contributed by atoms with E-state index >= 15 is 0 Å². The zero-order valence-electron chi connectivity index (χ0n) is 62.0. The van der Waals surface area contributed by atoms with Crippen LogP contribution in [-0.4, -0.2) is 194 Å². The lowest BCUT2D eigenvalue weighted by Gasteiger charge is -2.27. The summed E-state index contributed by atoms with van der Waals surface area (Å²) in [7, 11) is 1.72. The molecule has 4 atom stereocenters. The molecule has 2 amide bonds. The Kier molecular flexibility index (Phi) is 66.7. The standard InChI is InChI=1S/C78H143N5O14/c1-6-10-14-18-22-26-43-59-94-75(90)50-36-30-33-47-69(84)63-82(64-70(85)48-34-31-37-51-76(91)95-60-44-27-23-19-15-11-7-2)57-41-39-55-79-73(88)67-81(5)68-74(89)80-56-40-42-58-83(66-72(87)53-54-78(93)97-62-46-29-25-21-17-13-9-4)65-71(86)49-35-32-38-52-77(92)96-61-45-28-24-20-16-12-8-3/h26-29,43-46,69-72,84-87H,6-25,30-42,47-68H2,1-5H3,(H,79,88)(H,80,89)/b43-26-,44-27-,45-28-,46-29-. The molecule has 0 aliphatic heterocycles. The predicted octanol–water partition coefficient (Wildman–Crippen LogP) is 13.7. The molecule has 0 aromatic heterocycles. The average molecular weight is 1380 g/mol. The number of hydrogen-bond donors (Lipinski definition) is 6. The maximum Gasteiger partial charge on any atom is 0.306 e. The molecule has 0 aliphatic rings. The highest BCUT2D eigenvalue weighted by atomic mass is 16.5. The quantitative estimate of drug-likeness (QED) is 0.0143. The molecule has 97 heavy (non-hydrogen) atoms. The molecular formula is C78H143N5O14. The van der Waals surface area contributed by atoms with E-state index in [1.165, 1.54) is 77.0 Å². The van der Waals surface area contributed by atoms with E-state index in [4.69, 9.17) is 18.9 Å². The zero-order chi connectivity index (χ0) is 71.3. The van der Waals surface area contributed by atoms with Crippen LogP contribution in [0.2, 0.25) is 0 Å². The molecule has 0 saturated heterocycles. The van der Waals surface area contributed by atoms with Crippen molar-refractivity contribution in [1.29, 1.82) is 0 Å². The van der Waals surface area contributed by atoms with Gasteiger partial charge in [-0.1, -0.05) is 192 Å². The maximum atomic E-state index is 13.0. The Labute approximate surface area is 589 Å². The second-order valence-corrected chi connectivity index (χ2v) is 26.8. The van der Waals surface area contributed by atoms with Crippen molar-refractivity contribution in [3.8, 4) is 0 Å². The first-order valence-corrected chi connectivity index (χ1v) is 38.7. The highest BCUT2D eigenvalue weighted by Gasteiger charge is 2.20. The molecule has 6 N–H and O–H groups in total. The summed E-state index contributed by atoms with van der Waals surface area (Å²) in [6.45, 7) is 13.3. The van der Waals surface area contributed by atoms with Crippen LogP contribution in [0.4, 0.5) is 0 Å². The first kappa shape index (κ1) is 92.5. The van der Waals surface area contributed by atoms with E-state index in [0.29, 0.717) is 143 Å². The lowest BCUT2D eigenvalue weighted by molar-refractivity contribution is -0.143. The lowest BCUT2D eigenvalue weighted by Crippen LogP contribution is -2.41. The normalized spacial score (nSPS) is 13.2. The van der Waals surface area contributed by atoms with Crippen LogP contribution in [0, 0.1) is 0 Å². The molecule has 19 heteroatoms. The molecule has 0 aromatic carbocycles. The van der Waals surface area contributed by atoms with Crippen molar-refractivity contribution in [3.05, 3.63) is 48.6 Å². The minimum absolute atomic E-state index is 0.0283. The number of carbonyl (C=O) groups excluding carboxylic acids is 6. The summed E-state index contributed by atoms with van der Waals surface area (Å²) in [6, 6.07) is 0. The van der Waals surface area contributed by atoms with Gasteiger partial charge in [-0.15, -0.1) is 0 Å². The van der Waals surface area contributed by atoms with Gasteiger partial charge in [0.1, 0.15) is 26.4 Å². The number of unbranched alkanes of at least 4 members (excludes halogenated alkanes) is 24. The molecule has 0 fully saturated rings. The second kappa shape index (κ2) is 70.0. The van der Waals surface area contributed by atoms with Gasteiger partial charge in [-0.3, -0.25) is 43.5 Å². The molecule has 0 radical (unpaired) electrons. The third-order valence-corrected chi connectivity index (χ3v) is 17.0. The van der Waals surface area contributed by atoms with Crippen molar-refractivity contribution in [2.45, 2.75) is 315 Å². The number of rotatable bonds is 71. The number of nitrogens with zero attached hydrogens (tertiary/aromatic N) is 3. The largest absolute Gasteiger partial charge is 0.461 e. The van der Waals surface area contributed by atoms with E-state index in [1.54, 1.807) is 11.9 Å². The number of hydrogen-bond acceptors (Lipinski definition) is 17. The molecule has 564 valence electrons. The van der Waals surface area contributed by atoms with Crippen molar-refractivity contribution in [2.75, 3.05) is 98.9 Å². The van der Waals surface area contributed by atoms with Crippen LogP contribution in [0.15, 0.2) is 48.6 Å². The number of nitrogens with one attached hydrogen (secondary N) is 2. The number of amides is 2. The van der Waals surface area contributed by atoms with Gasteiger partial charge in [0.15, 0.2) is 0 Å². The molecule has 0 aromatic rings. The fourth-order valence-corrected chi connectivity index (χ4v) is 11.2. The summed E-state index contributed by atoms with van der Waals surface area (Å²) in [5, 5.41) is 50.3. The van der Waals surface area contributed by atoms with Crippen molar-refractivity contribution < 1.29 is 68.1 Å². The van der Waals surface area contributed by atoms with Crippen LogP contribution in [-0.2, 0) is 47.7 Å². The number of esters is 4. The van der Waals surface area contributed by atoms with E-state index in [2.05, 4.69) is 61.5 Å². The zero-order valence-corrected chi connectivity index (χ0v) is 62.0. The van der Waals surface area contributed by atoms with Gasteiger partial charge in [-0.25, -0.2) is 0 Å². The SMILES string of the molecule is CCCCCC/C=C\COC(=O)CCCCCC(O)CN(CCCCNC(=O)CN(C)CC(=O)NCCCCN(CC(O)CCCCCC(=O)OC/C=C\CCCCCC)CC(O)CCC(=O)OC/C=C\CCCCCC)CC(O)CCCCCC(=O)OC/C=C\CCCCCC. The fraction of sp³-hybridized carbons (Fsp3) is 0.821. The topological polar surface area (TPSA) is 254 Å². The molecule has 0 spiro atoms. The summed E-state index contributed by atoms with van der Waals surface area (Å²) < 4.78 is 21.4. The number of likely N-dealkylation sites (N-methyl/N-ethyl adjacent to an activating group) is 1. The Morgan fingerprint density at radius 3 is 0.907 bits per heavy atom. The minimum atomic E-state index is -0.814. The monoisotopic (exact) mass is 1370 g/mol. The summed E-state index contributed by atoms with van der Waals surface area (Å²) in [5.74, 6) is -1.43. The summed E-state index contributed by atoms with van der Waals surface area (Å²) >= 11 is 0. The van der Waals surface area contributed by atoms with Crippen LogP contribution in [0.5, 0.6) is 0 Å². The highest BCUT2D eigenvalue weighted by Crippen LogP contribution is 2.15. The van der Waals surface area contributed by atoms with Gasteiger partial charge in [0.05, 0.1) is 37.5 Å². The number of carbonyl (C=O) groups is 6. The van der Waals surface area contributed by atoms with Crippen LogP contribution in [0.25, 0.3) is 0 Å². The van der Waals surface area contributed by atoms with E-state index < -0.39 is 24.4 Å². The van der Waals surface area contributed by atoms with Crippen molar-refractivity contribution in [3.63, 3.8) is 0 Å². The molecule has 0 heterocycles. The first-order valence-electron chi connectivity index (χ1n) is 38.7. The third kappa shape index (κ3) is 67.1. The van der Waals surface area contributed by atoms with Crippen molar-refractivity contribution in [1.82, 2.24) is 25.3 Å². The Hall–Kier alpha value is -4.50. The van der Waals surface area contributed by atoms with Crippen LogP contribution < -0.4 is 10.6 Å². The summed E-state index contributed by atoms with van der Waals surface area (Å²) in [4.78, 5) is 81.0. The maximum absolute atomic E-state index is 13.0. The van der Waals surface area contributed by atoms with Gasteiger partial charge in [-0.2, -0.15) is 0 Å². The van der Waals surface area contributed by atoms with E-state index in [0.717, 1.165) is 96.3 Å². The number of aliphatic hydroxyl groups excluding tert-OH is 4. The number of aliphatic hydroxyl groups is 4. The van der Waals surface area contributed by atoms with Gasteiger partial charge in [-0.05, 0) is 142 Å².